The first-order valence-electron chi connectivity index (χ1n) is 10.8. The number of ether oxygens (including phenoxy) is 2. The first-order chi connectivity index (χ1) is 14.7. The molecule has 0 spiro atoms. The normalized spacial score (nSPS) is 16.4. The Morgan fingerprint density at radius 1 is 1.17 bits per heavy atom. The average Bonchev–Trinajstić information content (AvgIpc) is 3.25. The summed E-state index contributed by atoms with van der Waals surface area (Å²) in [6.07, 6.45) is 3.10. The van der Waals surface area contributed by atoms with E-state index in [1.54, 1.807) is 7.11 Å². The topological polar surface area (TPSA) is 58.1 Å². The summed E-state index contributed by atoms with van der Waals surface area (Å²) in [5.74, 6) is 2.47. The molecule has 2 aromatic carbocycles. The molecule has 1 atom stereocenters. The zero-order chi connectivity index (χ0) is 21.2. The molecule has 6 heteroatoms. The number of anilines is 1. The van der Waals surface area contributed by atoms with E-state index in [-0.39, 0.29) is 0 Å². The van der Waals surface area contributed by atoms with Crippen molar-refractivity contribution < 1.29 is 9.47 Å². The fourth-order valence-electron chi connectivity index (χ4n) is 3.78. The van der Waals surface area contributed by atoms with E-state index in [9.17, 15) is 0 Å². The molecular formula is C24H34N4O2. The van der Waals surface area contributed by atoms with Gasteiger partial charge in [0.05, 0.1) is 13.7 Å². The van der Waals surface area contributed by atoms with Crippen LogP contribution in [-0.4, -0.2) is 52.4 Å². The van der Waals surface area contributed by atoms with Gasteiger partial charge in [0.25, 0.3) is 0 Å². The van der Waals surface area contributed by atoms with Gasteiger partial charge < -0.3 is 25.0 Å². The number of nitrogens with zero attached hydrogens (tertiary/aromatic N) is 2. The van der Waals surface area contributed by atoms with Gasteiger partial charge in [-0.3, -0.25) is 4.99 Å². The van der Waals surface area contributed by atoms with Crippen molar-refractivity contribution in [1.82, 2.24) is 10.6 Å². The summed E-state index contributed by atoms with van der Waals surface area (Å²) in [4.78, 5) is 6.82. The number of hydrogen-bond donors (Lipinski definition) is 2. The van der Waals surface area contributed by atoms with Crippen molar-refractivity contribution in [2.24, 2.45) is 4.99 Å². The summed E-state index contributed by atoms with van der Waals surface area (Å²) in [5, 5.41) is 7.01. The SMILES string of the molecule is CCOc1cc(CCCNC(=NC)NC2CCN(c3ccccc3)C2)ccc1OC. The number of benzene rings is 2. The van der Waals surface area contributed by atoms with E-state index in [4.69, 9.17) is 9.47 Å². The Bertz CT molecular complexity index is 810. The molecule has 0 bridgehead atoms. The van der Waals surface area contributed by atoms with Crippen LogP contribution in [0.15, 0.2) is 53.5 Å². The van der Waals surface area contributed by atoms with Gasteiger partial charge in [-0.15, -0.1) is 0 Å². The Labute approximate surface area is 180 Å². The fraction of sp³-hybridized carbons (Fsp3) is 0.458. The van der Waals surface area contributed by atoms with Gasteiger partial charge in [-0.05, 0) is 56.0 Å². The van der Waals surface area contributed by atoms with E-state index in [1.165, 1.54) is 11.3 Å². The number of hydrogen-bond acceptors (Lipinski definition) is 4. The molecule has 1 fully saturated rings. The highest BCUT2D eigenvalue weighted by Gasteiger charge is 2.23. The molecular weight excluding hydrogens is 376 g/mol. The Morgan fingerprint density at radius 3 is 2.73 bits per heavy atom. The molecule has 0 saturated carbocycles. The lowest BCUT2D eigenvalue weighted by Gasteiger charge is -2.20. The molecule has 2 N–H and O–H groups in total. The highest BCUT2D eigenvalue weighted by atomic mass is 16.5. The predicted molar refractivity (Wildman–Crippen MR) is 124 cm³/mol. The third-order valence-corrected chi connectivity index (χ3v) is 5.34. The predicted octanol–water partition coefficient (Wildman–Crippen LogP) is 3.47. The number of nitrogens with one attached hydrogen (secondary N) is 2. The highest BCUT2D eigenvalue weighted by molar-refractivity contribution is 5.80. The van der Waals surface area contributed by atoms with Crippen molar-refractivity contribution in [1.29, 1.82) is 0 Å². The molecule has 1 unspecified atom stereocenters. The lowest BCUT2D eigenvalue weighted by molar-refractivity contribution is 0.310. The quantitative estimate of drug-likeness (QED) is 0.377. The lowest BCUT2D eigenvalue weighted by Crippen LogP contribution is -2.44. The zero-order valence-electron chi connectivity index (χ0n) is 18.4. The number of aryl methyl sites for hydroxylation is 1. The summed E-state index contributed by atoms with van der Waals surface area (Å²) in [6, 6.07) is 17.2. The minimum absolute atomic E-state index is 0.409. The van der Waals surface area contributed by atoms with Crippen LogP contribution in [0.5, 0.6) is 11.5 Å². The van der Waals surface area contributed by atoms with Crippen molar-refractivity contribution in [3.05, 3.63) is 54.1 Å². The number of methoxy groups -OCH3 is 1. The molecule has 1 saturated heterocycles. The second-order valence-corrected chi connectivity index (χ2v) is 7.43. The van der Waals surface area contributed by atoms with Crippen LogP contribution >= 0.6 is 0 Å². The third-order valence-electron chi connectivity index (χ3n) is 5.34. The Balaban J connectivity index is 1.41. The lowest BCUT2D eigenvalue weighted by atomic mass is 10.1. The number of aliphatic imine (C=N–C) groups is 1. The van der Waals surface area contributed by atoms with E-state index in [0.29, 0.717) is 12.6 Å². The second-order valence-electron chi connectivity index (χ2n) is 7.43. The van der Waals surface area contributed by atoms with Gasteiger partial charge in [-0.2, -0.15) is 0 Å². The molecule has 1 aliphatic rings. The summed E-state index contributed by atoms with van der Waals surface area (Å²) in [5.41, 5.74) is 2.54. The maximum atomic E-state index is 5.67. The second kappa shape index (κ2) is 11.3. The van der Waals surface area contributed by atoms with Crippen LogP contribution < -0.4 is 25.0 Å². The van der Waals surface area contributed by atoms with Crippen molar-refractivity contribution in [3.8, 4) is 11.5 Å². The molecule has 1 heterocycles. The average molecular weight is 411 g/mol. The van der Waals surface area contributed by atoms with E-state index < -0.39 is 0 Å². The van der Waals surface area contributed by atoms with Gasteiger partial charge in [-0.1, -0.05) is 24.3 Å². The Kier molecular flexibility index (Phi) is 8.24. The molecule has 0 radical (unpaired) electrons. The monoisotopic (exact) mass is 410 g/mol. The first-order valence-corrected chi connectivity index (χ1v) is 10.8. The van der Waals surface area contributed by atoms with E-state index in [0.717, 1.165) is 56.4 Å². The van der Waals surface area contributed by atoms with Crippen LogP contribution in [-0.2, 0) is 6.42 Å². The van der Waals surface area contributed by atoms with Crippen LogP contribution in [0.4, 0.5) is 5.69 Å². The standard InChI is InChI=1S/C24H34N4O2/c1-4-30-23-17-19(12-13-22(23)29-3)9-8-15-26-24(25-2)27-20-14-16-28(18-20)21-10-6-5-7-11-21/h5-7,10-13,17,20H,4,8-9,14-16,18H2,1-3H3,(H2,25,26,27). The van der Waals surface area contributed by atoms with E-state index in [1.807, 2.05) is 20.0 Å². The number of guanidine groups is 1. The molecule has 0 amide bonds. The number of para-hydroxylation sites is 1. The van der Waals surface area contributed by atoms with Gasteiger partial charge >= 0.3 is 0 Å². The van der Waals surface area contributed by atoms with Gasteiger partial charge in [0.1, 0.15) is 0 Å². The zero-order valence-corrected chi connectivity index (χ0v) is 18.4. The van der Waals surface area contributed by atoms with Gasteiger partial charge in [0, 0.05) is 38.4 Å². The first kappa shape index (κ1) is 21.8. The van der Waals surface area contributed by atoms with Gasteiger partial charge in [0.15, 0.2) is 17.5 Å². The minimum Gasteiger partial charge on any atom is -0.493 e. The summed E-state index contributed by atoms with van der Waals surface area (Å²) >= 11 is 0. The van der Waals surface area contributed by atoms with Gasteiger partial charge in [0.2, 0.25) is 0 Å². The summed E-state index contributed by atoms with van der Waals surface area (Å²) in [7, 11) is 3.50. The molecule has 6 nitrogen and oxygen atoms in total. The van der Waals surface area contributed by atoms with Crippen molar-refractivity contribution >= 4 is 11.6 Å². The maximum Gasteiger partial charge on any atom is 0.191 e. The molecule has 3 rings (SSSR count). The molecule has 30 heavy (non-hydrogen) atoms. The van der Waals surface area contributed by atoms with Crippen molar-refractivity contribution in [2.45, 2.75) is 32.2 Å². The van der Waals surface area contributed by atoms with Crippen LogP contribution in [0.25, 0.3) is 0 Å². The molecule has 162 valence electrons. The Hall–Kier alpha value is -2.89. The molecule has 0 aliphatic carbocycles. The minimum atomic E-state index is 0.409. The van der Waals surface area contributed by atoms with E-state index >= 15 is 0 Å². The maximum absolute atomic E-state index is 5.67. The fourth-order valence-corrected chi connectivity index (χ4v) is 3.78. The smallest absolute Gasteiger partial charge is 0.191 e. The van der Waals surface area contributed by atoms with Crippen molar-refractivity contribution in [2.75, 3.05) is 45.3 Å². The Morgan fingerprint density at radius 2 is 2.00 bits per heavy atom. The van der Waals surface area contributed by atoms with Crippen LogP contribution in [0.3, 0.4) is 0 Å². The number of rotatable bonds is 9. The van der Waals surface area contributed by atoms with Crippen LogP contribution in [0.2, 0.25) is 0 Å². The molecule has 0 aromatic heterocycles. The summed E-state index contributed by atoms with van der Waals surface area (Å²) in [6.45, 7) is 5.55. The molecule has 1 aliphatic heterocycles. The largest absolute Gasteiger partial charge is 0.493 e. The van der Waals surface area contributed by atoms with Gasteiger partial charge in [-0.25, -0.2) is 0 Å². The third kappa shape index (κ3) is 6.05. The van der Waals surface area contributed by atoms with Crippen LogP contribution in [0, 0.1) is 0 Å². The highest BCUT2D eigenvalue weighted by Crippen LogP contribution is 2.28. The van der Waals surface area contributed by atoms with Crippen LogP contribution in [0.1, 0.15) is 25.3 Å². The van der Waals surface area contributed by atoms with Crippen molar-refractivity contribution in [3.63, 3.8) is 0 Å². The molecule has 2 aromatic rings. The van der Waals surface area contributed by atoms with E-state index in [2.05, 4.69) is 63.0 Å². The summed E-state index contributed by atoms with van der Waals surface area (Å²) < 4.78 is 11.0.